The average Bonchev–Trinajstić information content (AvgIpc) is 2.56. The molecule has 0 bridgehead atoms. The van der Waals surface area contributed by atoms with E-state index in [-0.39, 0.29) is 16.5 Å². The lowest BCUT2D eigenvalue weighted by atomic mass is 10.1. The molecule has 0 unspecified atom stereocenters. The molecule has 0 saturated carbocycles. The van der Waals surface area contributed by atoms with E-state index in [1.54, 1.807) is 0 Å². The first-order valence-electron chi connectivity index (χ1n) is 7.63. The Labute approximate surface area is 161 Å². The van der Waals surface area contributed by atoms with Crippen molar-refractivity contribution < 1.29 is 31.0 Å². The predicted molar refractivity (Wildman–Crippen MR) is 105 cm³/mol. The monoisotopic (exact) mass is 426 g/mol. The molecule has 0 aliphatic heterocycles. The average molecular weight is 426 g/mol. The molecule has 3 aromatic carbocycles. The van der Waals surface area contributed by atoms with Gasteiger partial charge in [-0.15, -0.1) is 0 Å². The maximum atomic E-state index is 11.1. The molecular formula is C17H18N2O7S2. The smallest absolute Gasteiger partial charge is 0.294 e. The van der Waals surface area contributed by atoms with E-state index in [0.29, 0.717) is 0 Å². The maximum absolute atomic E-state index is 11.1. The lowest BCUT2D eigenvalue weighted by molar-refractivity contribution is 0.471. The zero-order valence-electron chi connectivity index (χ0n) is 14.6. The number of para-hydroxylation sites is 1. The first kappa shape index (κ1) is 21.4. The number of anilines is 2. The van der Waals surface area contributed by atoms with Crippen LogP contribution in [0.15, 0.2) is 58.3 Å². The Morgan fingerprint density at radius 1 is 0.786 bits per heavy atom. The molecule has 28 heavy (non-hydrogen) atoms. The van der Waals surface area contributed by atoms with Crippen LogP contribution in [0, 0.1) is 6.92 Å². The van der Waals surface area contributed by atoms with Gasteiger partial charge in [-0.05, 0) is 42.1 Å². The van der Waals surface area contributed by atoms with Crippen molar-refractivity contribution in [3.63, 3.8) is 0 Å². The van der Waals surface area contributed by atoms with Crippen LogP contribution in [0.5, 0.6) is 5.75 Å². The van der Waals surface area contributed by atoms with E-state index in [9.17, 15) is 21.9 Å². The summed E-state index contributed by atoms with van der Waals surface area (Å²) in [5.74, 6) is -0.547. The Bertz CT molecular complexity index is 1160. The zero-order chi connectivity index (χ0) is 21.3. The Hall–Kier alpha value is -2.86. The third-order valence-corrected chi connectivity index (χ3v) is 5.45. The van der Waals surface area contributed by atoms with Gasteiger partial charge in [-0.3, -0.25) is 9.11 Å². The third kappa shape index (κ3) is 4.89. The van der Waals surface area contributed by atoms with Crippen molar-refractivity contribution in [1.82, 2.24) is 0 Å². The molecule has 0 aromatic heterocycles. The summed E-state index contributed by atoms with van der Waals surface area (Å²) in [5.41, 5.74) is 12.9. The Kier molecular flexibility index (Phi) is 5.85. The van der Waals surface area contributed by atoms with Gasteiger partial charge in [0, 0.05) is 22.8 Å². The van der Waals surface area contributed by atoms with E-state index in [0.717, 1.165) is 35.5 Å². The SMILES string of the molecule is Cc1ccccc1N.Nc1cc(S(=O)(=O)O)cc2cc(S(=O)(=O)O)cc(O)c12. The number of aromatic hydroxyl groups is 1. The van der Waals surface area contributed by atoms with E-state index < -0.39 is 35.8 Å². The first-order chi connectivity index (χ1) is 12.8. The standard InChI is InChI=1S/C10H9NO7S2.C7H9N/c11-8-3-6(19(13,14)15)1-5-2-7(20(16,17)18)4-9(12)10(5)8;1-6-4-2-3-5-7(6)8/h1-4,12H,11H2,(H,13,14,15)(H,16,17,18);2-5H,8H2,1H3. The fourth-order valence-electron chi connectivity index (χ4n) is 2.36. The second kappa shape index (κ2) is 7.64. The van der Waals surface area contributed by atoms with Gasteiger partial charge in [0.1, 0.15) is 5.75 Å². The predicted octanol–water partition coefficient (Wildman–Crippen LogP) is 2.20. The number of aryl methyl sites for hydroxylation is 1. The maximum Gasteiger partial charge on any atom is 0.294 e. The molecule has 3 rings (SSSR count). The van der Waals surface area contributed by atoms with Gasteiger partial charge in [0.25, 0.3) is 20.2 Å². The molecule has 0 atom stereocenters. The summed E-state index contributed by atoms with van der Waals surface area (Å²) < 4.78 is 62.1. The van der Waals surface area contributed by atoms with Crippen LogP contribution in [0.4, 0.5) is 11.4 Å². The molecular weight excluding hydrogens is 408 g/mol. The van der Waals surface area contributed by atoms with Gasteiger partial charge in [0.05, 0.1) is 9.79 Å². The highest BCUT2D eigenvalue weighted by molar-refractivity contribution is 7.86. The second-order valence-corrected chi connectivity index (χ2v) is 8.70. The number of phenols is 1. The highest BCUT2D eigenvalue weighted by Crippen LogP contribution is 2.34. The van der Waals surface area contributed by atoms with Gasteiger partial charge in [0.2, 0.25) is 0 Å². The molecule has 7 N–H and O–H groups in total. The molecule has 0 heterocycles. The molecule has 0 aliphatic carbocycles. The Morgan fingerprint density at radius 2 is 1.29 bits per heavy atom. The van der Waals surface area contributed by atoms with E-state index in [1.807, 2.05) is 31.2 Å². The lowest BCUT2D eigenvalue weighted by Gasteiger charge is -2.08. The topological polar surface area (TPSA) is 181 Å². The Morgan fingerprint density at radius 3 is 1.71 bits per heavy atom. The lowest BCUT2D eigenvalue weighted by Crippen LogP contribution is -2.02. The number of fused-ring (bicyclic) bond motifs is 1. The molecule has 3 aromatic rings. The molecule has 0 saturated heterocycles. The second-order valence-electron chi connectivity index (χ2n) is 5.86. The van der Waals surface area contributed by atoms with Crippen LogP contribution in [0.3, 0.4) is 0 Å². The van der Waals surface area contributed by atoms with Crippen LogP contribution in [0.25, 0.3) is 10.8 Å². The van der Waals surface area contributed by atoms with Gasteiger partial charge in [-0.2, -0.15) is 16.8 Å². The number of rotatable bonds is 2. The molecule has 0 amide bonds. The van der Waals surface area contributed by atoms with Crippen LogP contribution < -0.4 is 11.5 Å². The summed E-state index contributed by atoms with van der Waals surface area (Å²) in [6.45, 7) is 2.00. The third-order valence-electron chi connectivity index (χ3n) is 3.79. The molecule has 11 heteroatoms. The highest BCUT2D eigenvalue weighted by atomic mass is 32.2. The van der Waals surface area contributed by atoms with Gasteiger partial charge in [0.15, 0.2) is 0 Å². The number of benzene rings is 3. The van der Waals surface area contributed by atoms with Crippen molar-refractivity contribution in [3.8, 4) is 5.75 Å². The summed E-state index contributed by atoms with van der Waals surface area (Å²) in [5, 5.41) is 9.66. The summed E-state index contributed by atoms with van der Waals surface area (Å²) in [4.78, 5) is -1.19. The molecule has 0 fully saturated rings. The molecule has 150 valence electrons. The van der Waals surface area contributed by atoms with Gasteiger partial charge in [-0.25, -0.2) is 0 Å². The minimum Gasteiger partial charge on any atom is -0.507 e. The van der Waals surface area contributed by atoms with Crippen molar-refractivity contribution in [2.24, 2.45) is 0 Å². The summed E-state index contributed by atoms with van der Waals surface area (Å²) in [6, 6.07) is 11.4. The molecule has 0 radical (unpaired) electrons. The van der Waals surface area contributed by atoms with E-state index in [1.165, 1.54) is 0 Å². The van der Waals surface area contributed by atoms with Crippen molar-refractivity contribution >= 4 is 42.4 Å². The quantitative estimate of drug-likeness (QED) is 0.303. The number of hydrogen-bond donors (Lipinski definition) is 5. The van der Waals surface area contributed by atoms with Crippen LogP contribution in [-0.4, -0.2) is 31.0 Å². The Balaban J connectivity index is 0.000000292. The zero-order valence-corrected chi connectivity index (χ0v) is 16.2. The summed E-state index contributed by atoms with van der Waals surface area (Å²) in [6.07, 6.45) is 0. The van der Waals surface area contributed by atoms with Gasteiger partial charge in [-0.1, -0.05) is 18.2 Å². The molecule has 0 spiro atoms. The summed E-state index contributed by atoms with van der Waals surface area (Å²) >= 11 is 0. The minimum absolute atomic E-state index is 0.00444. The van der Waals surface area contributed by atoms with E-state index in [2.05, 4.69) is 0 Å². The van der Waals surface area contributed by atoms with E-state index in [4.69, 9.17) is 20.6 Å². The number of nitrogens with two attached hydrogens (primary N) is 2. The summed E-state index contributed by atoms with van der Waals surface area (Å²) in [7, 11) is -9.14. The molecule has 0 aliphatic rings. The molecule has 9 nitrogen and oxygen atoms in total. The highest BCUT2D eigenvalue weighted by Gasteiger charge is 2.18. The largest absolute Gasteiger partial charge is 0.507 e. The minimum atomic E-state index is -4.59. The fraction of sp³-hybridized carbons (Fsp3) is 0.0588. The van der Waals surface area contributed by atoms with E-state index >= 15 is 0 Å². The van der Waals surface area contributed by atoms with Gasteiger partial charge < -0.3 is 16.6 Å². The van der Waals surface area contributed by atoms with Crippen molar-refractivity contribution in [2.75, 3.05) is 11.5 Å². The normalized spacial score (nSPS) is 11.7. The van der Waals surface area contributed by atoms with Crippen LogP contribution >= 0.6 is 0 Å². The van der Waals surface area contributed by atoms with Crippen LogP contribution in [0.2, 0.25) is 0 Å². The number of phenolic OH excluding ortho intramolecular Hbond substituents is 1. The van der Waals surface area contributed by atoms with Crippen molar-refractivity contribution in [3.05, 3.63) is 54.1 Å². The van der Waals surface area contributed by atoms with Gasteiger partial charge >= 0.3 is 0 Å². The number of hydrogen-bond acceptors (Lipinski definition) is 7. The van der Waals surface area contributed by atoms with Crippen LogP contribution in [-0.2, 0) is 20.2 Å². The number of nitrogen functional groups attached to an aromatic ring is 2. The van der Waals surface area contributed by atoms with Crippen molar-refractivity contribution in [2.45, 2.75) is 16.7 Å². The van der Waals surface area contributed by atoms with Crippen LogP contribution in [0.1, 0.15) is 5.56 Å². The fourth-order valence-corrected chi connectivity index (χ4v) is 3.44. The van der Waals surface area contributed by atoms with Crippen molar-refractivity contribution in [1.29, 1.82) is 0 Å². The first-order valence-corrected chi connectivity index (χ1v) is 10.5.